The minimum Gasteiger partial charge on any atom is -0.326 e. The van der Waals surface area contributed by atoms with E-state index in [4.69, 9.17) is 0 Å². The SMILES string of the molecule is CC(=O)Nc1ccc(S(=O)(=O)NCC(=O)Nc2ccc(F)cc2)cc1. The number of amides is 2. The Labute approximate surface area is 144 Å². The van der Waals surface area contributed by atoms with E-state index >= 15 is 0 Å². The number of carbonyl (C=O) groups excluding carboxylic acids is 2. The lowest BCUT2D eigenvalue weighted by Crippen LogP contribution is -2.32. The number of anilines is 2. The van der Waals surface area contributed by atoms with Crippen LogP contribution < -0.4 is 15.4 Å². The summed E-state index contributed by atoms with van der Waals surface area (Å²) >= 11 is 0. The van der Waals surface area contributed by atoms with Crippen LogP contribution in [-0.2, 0) is 19.6 Å². The molecule has 0 fully saturated rings. The Morgan fingerprint density at radius 1 is 0.920 bits per heavy atom. The second-order valence-corrected chi connectivity index (χ2v) is 6.85. The zero-order valence-electron chi connectivity index (χ0n) is 13.2. The first kappa shape index (κ1) is 18.6. The molecule has 3 N–H and O–H groups in total. The first-order valence-corrected chi connectivity index (χ1v) is 8.67. The van der Waals surface area contributed by atoms with Gasteiger partial charge in [-0.15, -0.1) is 0 Å². The molecule has 0 radical (unpaired) electrons. The topological polar surface area (TPSA) is 104 Å². The van der Waals surface area contributed by atoms with Gasteiger partial charge in [-0.3, -0.25) is 9.59 Å². The third-order valence-electron chi connectivity index (χ3n) is 3.04. The number of hydrogen-bond donors (Lipinski definition) is 3. The summed E-state index contributed by atoms with van der Waals surface area (Å²) in [6, 6.07) is 10.6. The van der Waals surface area contributed by atoms with E-state index in [1.165, 1.54) is 55.5 Å². The summed E-state index contributed by atoms with van der Waals surface area (Å²) in [5, 5.41) is 4.96. The molecular formula is C16H16FN3O4S. The third-order valence-corrected chi connectivity index (χ3v) is 4.45. The van der Waals surface area contributed by atoms with E-state index in [1.807, 2.05) is 0 Å². The average molecular weight is 365 g/mol. The standard InChI is InChI=1S/C16H16FN3O4S/c1-11(21)19-13-6-8-15(9-7-13)25(23,24)18-10-16(22)20-14-4-2-12(17)3-5-14/h2-9,18H,10H2,1H3,(H,19,21)(H,20,22). The third kappa shape index (κ3) is 5.66. The molecule has 0 atom stereocenters. The largest absolute Gasteiger partial charge is 0.326 e. The summed E-state index contributed by atoms with van der Waals surface area (Å²) in [7, 11) is -3.88. The van der Waals surface area contributed by atoms with Gasteiger partial charge in [-0.25, -0.2) is 17.5 Å². The van der Waals surface area contributed by atoms with E-state index in [-0.39, 0.29) is 10.8 Å². The van der Waals surface area contributed by atoms with Crippen LogP contribution >= 0.6 is 0 Å². The highest BCUT2D eigenvalue weighted by Gasteiger charge is 2.15. The molecule has 2 amide bonds. The molecule has 0 aromatic heterocycles. The Bertz CT molecular complexity index is 865. The quantitative estimate of drug-likeness (QED) is 0.725. The highest BCUT2D eigenvalue weighted by molar-refractivity contribution is 7.89. The number of nitrogens with one attached hydrogen (secondary N) is 3. The Morgan fingerprint density at radius 3 is 2.00 bits per heavy atom. The summed E-state index contributed by atoms with van der Waals surface area (Å²) < 4.78 is 39.2. The van der Waals surface area contributed by atoms with Crippen molar-refractivity contribution < 1.29 is 22.4 Å². The van der Waals surface area contributed by atoms with Gasteiger partial charge >= 0.3 is 0 Å². The summed E-state index contributed by atoms with van der Waals surface area (Å²) in [5.74, 6) is -1.31. The van der Waals surface area contributed by atoms with Gasteiger partial charge in [-0.2, -0.15) is 0 Å². The zero-order valence-corrected chi connectivity index (χ0v) is 14.1. The molecule has 0 saturated heterocycles. The molecule has 0 aliphatic rings. The molecule has 25 heavy (non-hydrogen) atoms. The van der Waals surface area contributed by atoms with E-state index in [0.717, 1.165) is 0 Å². The van der Waals surface area contributed by atoms with Gasteiger partial charge in [0, 0.05) is 18.3 Å². The number of hydrogen-bond acceptors (Lipinski definition) is 4. The van der Waals surface area contributed by atoms with Crippen molar-refractivity contribution in [1.82, 2.24) is 4.72 Å². The second-order valence-electron chi connectivity index (χ2n) is 5.09. The van der Waals surface area contributed by atoms with Crippen molar-refractivity contribution in [1.29, 1.82) is 0 Å². The Morgan fingerprint density at radius 2 is 1.44 bits per heavy atom. The molecule has 9 heteroatoms. The van der Waals surface area contributed by atoms with Crippen molar-refractivity contribution in [2.75, 3.05) is 17.2 Å². The maximum absolute atomic E-state index is 12.8. The molecule has 0 heterocycles. The molecular weight excluding hydrogens is 349 g/mol. The lowest BCUT2D eigenvalue weighted by atomic mass is 10.3. The number of sulfonamides is 1. The molecule has 2 rings (SSSR count). The van der Waals surface area contributed by atoms with Crippen LogP contribution in [0.4, 0.5) is 15.8 Å². The Hall–Kier alpha value is -2.78. The molecule has 7 nitrogen and oxygen atoms in total. The van der Waals surface area contributed by atoms with Crippen LogP contribution in [-0.4, -0.2) is 26.8 Å². The summed E-state index contributed by atoms with van der Waals surface area (Å²) in [4.78, 5) is 22.7. The molecule has 2 aromatic rings. The first-order chi connectivity index (χ1) is 11.8. The van der Waals surface area contributed by atoms with E-state index in [1.54, 1.807) is 0 Å². The fraction of sp³-hybridized carbons (Fsp3) is 0.125. The van der Waals surface area contributed by atoms with Gasteiger partial charge in [-0.1, -0.05) is 0 Å². The maximum Gasteiger partial charge on any atom is 0.241 e. The predicted octanol–water partition coefficient (Wildman–Crippen LogP) is 1.70. The highest BCUT2D eigenvalue weighted by atomic mass is 32.2. The van der Waals surface area contributed by atoms with Crippen LogP contribution in [0.15, 0.2) is 53.4 Å². The van der Waals surface area contributed by atoms with Gasteiger partial charge in [0.1, 0.15) is 5.82 Å². The van der Waals surface area contributed by atoms with Crippen molar-refractivity contribution in [3.8, 4) is 0 Å². The van der Waals surface area contributed by atoms with Crippen LogP contribution in [0.2, 0.25) is 0 Å². The number of halogens is 1. The highest BCUT2D eigenvalue weighted by Crippen LogP contribution is 2.14. The molecule has 0 spiro atoms. The average Bonchev–Trinajstić information content (AvgIpc) is 2.55. The zero-order chi connectivity index (χ0) is 18.4. The fourth-order valence-corrected chi connectivity index (χ4v) is 2.89. The van der Waals surface area contributed by atoms with Gasteiger partial charge in [0.25, 0.3) is 0 Å². The maximum atomic E-state index is 12.8. The summed E-state index contributed by atoms with van der Waals surface area (Å²) in [6.45, 7) is 0.860. The summed E-state index contributed by atoms with van der Waals surface area (Å²) in [6.07, 6.45) is 0. The number of benzene rings is 2. The fourth-order valence-electron chi connectivity index (χ4n) is 1.90. The molecule has 0 bridgehead atoms. The van der Waals surface area contributed by atoms with Gasteiger partial charge < -0.3 is 10.6 Å². The van der Waals surface area contributed by atoms with Crippen LogP contribution in [0.3, 0.4) is 0 Å². The number of rotatable bonds is 6. The second kappa shape index (κ2) is 7.86. The first-order valence-electron chi connectivity index (χ1n) is 7.19. The van der Waals surface area contributed by atoms with Crippen molar-refractivity contribution in [3.05, 3.63) is 54.3 Å². The molecule has 0 aliphatic carbocycles. The van der Waals surface area contributed by atoms with Crippen LogP contribution in [0, 0.1) is 5.82 Å². The predicted molar refractivity (Wildman–Crippen MR) is 91.0 cm³/mol. The van der Waals surface area contributed by atoms with E-state index in [9.17, 15) is 22.4 Å². The van der Waals surface area contributed by atoms with Crippen LogP contribution in [0.5, 0.6) is 0 Å². The molecule has 0 unspecified atom stereocenters. The van der Waals surface area contributed by atoms with E-state index in [2.05, 4.69) is 15.4 Å². The minimum atomic E-state index is -3.88. The molecule has 2 aromatic carbocycles. The monoisotopic (exact) mass is 365 g/mol. The normalized spacial score (nSPS) is 11.0. The summed E-state index contributed by atoms with van der Waals surface area (Å²) in [5.41, 5.74) is 0.811. The van der Waals surface area contributed by atoms with Gasteiger partial charge in [0.15, 0.2) is 0 Å². The minimum absolute atomic E-state index is 0.0452. The van der Waals surface area contributed by atoms with Crippen molar-refractivity contribution in [2.45, 2.75) is 11.8 Å². The van der Waals surface area contributed by atoms with Crippen molar-refractivity contribution in [2.24, 2.45) is 0 Å². The van der Waals surface area contributed by atoms with Gasteiger partial charge in [-0.05, 0) is 48.5 Å². The number of carbonyl (C=O) groups is 2. The van der Waals surface area contributed by atoms with Crippen molar-refractivity contribution >= 4 is 33.2 Å². The van der Waals surface area contributed by atoms with Gasteiger partial charge in [0.2, 0.25) is 21.8 Å². The van der Waals surface area contributed by atoms with E-state index in [0.29, 0.717) is 11.4 Å². The smallest absolute Gasteiger partial charge is 0.241 e. The Balaban J connectivity index is 1.95. The lowest BCUT2D eigenvalue weighted by Gasteiger charge is -2.09. The van der Waals surface area contributed by atoms with Gasteiger partial charge in [0.05, 0.1) is 11.4 Å². The van der Waals surface area contributed by atoms with E-state index < -0.39 is 28.3 Å². The lowest BCUT2D eigenvalue weighted by molar-refractivity contribution is -0.115. The Kier molecular flexibility index (Phi) is 5.84. The van der Waals surface area contributed by atoms with Crippen LogP contribution in [0.25, 0.3) is 0 Å². The van der Waals surface area contributed by atoms with Crippen molar-refractivity contribution in [3.63, 3.8) is 0 Å². The molecule has 0 aliphatic heterocycles. The molecule has 132 valence electrons. The van der Waals surface area contributed by atoms with Crippen LogP contribution in [0.1, 0.15) is 6.92 Å². The molecule has 0 saturated carbocycles.